The van der Waals surface area contributed by atoms with Crippen LogP contribution in [-0.2, 0) is 7.05 Å². The zero-order valence-electron chi connectivity index (χ0n) is 13.5. The normalized spacial score (nSPS) is 11.6. The van der Waals surface area contributed by atoms with E-state index in [1.807, 2.05) is 37.1 Å². The first-order valence-corrected chi connectivity index (χ1v) is 7.40. The summed E-state index contributed by atoms with van der Waals surface area (Å²) >= 11 is 0. The van der Waals surface area contributed by atoms with Gasteiger partial charge >= 0.3 is 0 Å². The van der Waals surface area contributed by atoms with Crippen molar-refractivity contribution in [3.05, 3.63) is 54.9 Å². The van der Waals surface area contributed by atoms with E-state index in [0.717, 1.165) is 22.8 Å². The summed E-state index contributed by atoms with van der Waals surface area (Å²) in [6.07, 6.45) is 10.7. The Bertz CT molecular complexity index is 873. The second-order valence-electron chi connectivity index (χ2n) is 5.23. The molecule has 24 heavy (non-hydrogen) atoms. The number of phenolic OH excluding ortho intramolecular Hbond substituents is 1. The fraction of sp³-hybridized carbons (Fsp3) is 0.118. The Morgan fingerprint density at radius 2 is 2.00 bits per heavy atom. The van der Waals surface area contributed by atoms with Crippen molar-refractivity contribution in [1.82, 2.24) is 19.3 Å². The number of imidazole rings is 1. The van der Waals surface area contributed by atoms with Gasteiger partial charge in [-0.3, -0.25) is 4.68 Å². The van der Waals surface area contributed by atoms with Gasteiger partial charge in [-0.1, -0.05) is 0 Å². The topological polar surface area (TPSA) is 80.3 Å². The highest BCUT2D eigenvalue weighted by molar-refractivity contribution is 5.76. The van der Waals surface area contributed by atoms with Crippen LogP contribution in [0.5, 0.6) is 5.75 Å². The van der Waals surface area contributed by atoms with Crippen LogP contribution in [0.15, 0.2) is 54.0 Å². The number of aromatic hydroxyl groups is 1. The van der Waals surface area contributed by atoms with Crippen molar-refractivity contribution in [2.24, 2.45) is 12.0 Å². The molecule has 122 valence electrons. The number of aliphatic imine (C=N–C) groups is 1. The van der Waals surface area contributed by atoms with Gasteiger partial charge in [-0.2, -0.15) is 5.10 Å². The van der Waals surface area contributed by atoms with Crippen molar-refractivity contribution in [3.8, 4) is 17.0 Å². The Hall–Kier alpha value is -3.35. The second-order valence-corrected chi connectivity index (χ2v) is 5.23. The highest BCUT2D eigenvalue weighted by Crippen LogP contribution is 2.20. The fourth-order valence-corrected chi connectivity index (χ4v) is 2.23. The second kappa shape index (κ2) is 6.82. The van der Waals surface area contributed by atoms with Gasteiger partial charge in [0.2, 0.25) is 0 Å². The molecule has 0 spiro atoms. The number of rotatable bonds is 5. The first-order valence-electron chi connectivity index (χ1n) is 7.40. The molecule has 3 rings (SSSR count). The smallest absolute Gasteiger partial charge is 0.115 e. The molecule has 0 aliphatic rings. The molecule has 0 unspecified atom stereocenters. The van der Waals surface area contributed by atoms with Crippen molar-refractivity contribution in [1.29, 1.82) is 0 Å². The van der Waals surface area contributed by atoms with Crippen LogP contribution in [0.25, 0.3) is 17.5 Å². The Balaban J connectivity index is 1.69. The number of benzene rings is 1. The van der Waals surface area contributed by atoms with Gasteiger partial charge in [-0.05, 0) is 31.2 Å². The van der Waals surface area contributed by atoms with Crippen molar-refractivity contribution in [2.75, 3.05) is 5.32 Å². The number of hydrogen-bond donors (Lipinski definition) is 2. The number of phenols is 1. The standard InChI is InChI=1S/C17H18N6O/c1-13-19-10-17(14-9-21-22(2)11-14)23(13)8-7-18-12-20-15-3-5-16(24)6-4-15/h3-12,24H,1-2H3,(H,18,20)/b8-7-. The van der Waals surface area contributed by atoms with Crippen LogP contribution in [0.3, 0.4) is 0 Å². The van der Waals surface area contributed by atoms with E-state index in [9.17, 15) is 5.11 Å². The lowest BCUT2D eigenvalue weighted by atomic mass is 10.3. The van der Waals surface area contributed by atoms with E-state index in [0.29, 0.717) is 0 Å². The predicted octanol–water partition coefficient (Wildman–Crippen LogP) is 2.87. The van der Waals surface area contributed by atoms with Gasteiger partial charge in [0.25, 0.3) is 0 Å². The minimum Gasteiger partial charge on any atom is -0.508 e. The first-order chi connectivity index (χ1) is 11.6. The minimum atomic E-state index is 0.232. The van der Waals surface area contributed by atoms with Gasteiger partial charge in [-0.25, -0.2) is 9.98 Å². The quantitative estimate of drug-likeness (QED) is 0.430. The van der Waals surface area contributed by atoms with Crippen molar-refractivity contribution < 1.29 is 5.11 Å². The molecular weight excluding hydrogens is 304 g/mol. The monoisotopic (exact) mass is 322 g/mol. The van der Waals surface area contributed by atoms with Crippen LogP contribution in [0.4, 0.5) is 5.69 Å². The van der Waals surface area contributed by atoms with Gasteiger partial charge in [0, 0.05) is 36.9 Å². The SMILES string of the molecule is Cc1ncc(-c2cnn(C)c2)n1/C=C\N=CNc1ccc(O)cc1. The van der Waals surface area contributed by atoms with Crippen molar-refractivity contribution in [3.63, 3.8) is 0 Å². The largest absolute Gasteiger partial charge is 0.508 e. The molecular formula is C17H18N6O. The Morgan fingerprint density at radius 3 is 2.71 bits per heavy atom. The van der Waals surface area contributed by atoms with Crippen LogP contribution in [0, 0.1) is 6.92 Å². The third kappa shape index (κ3) is 3.52. The molecule has 7 heteroatoms. The number of aromatic nitrogens is 4. The molecule has 0 fully saturated rings. The fourth-order valence-electron chi connectivity index (χ4n) is 2.23. The molecule has 2 aromatic heterocycles. The number of anilines is 1. The van der Waals surface area contributed by atoms with Crippen LogP contribution in [-0.4, -0.2) is 30.8 Å². The molecule has 0 radical (unpaired) electrons. The summed E-state index contributed by atoms with van der Waals surface area (Å²) in [6.45, 7) is 1.93. The van der Waals surface area contributed by atoms with Crippen molar-refractivity contribution in [2.45, 2.75) is 6.92 Å². The van der Waals surface area contributed by atoms with Gasteiger partial charge in [0.05, 0.1) is 24.4 Å². The highest BCUT2D eigenvalue weighted by atomic mass is 16.3. The zero-order valence-corrected chi connectivity index (χ0v) is 13.5. The summed E-state index contributed by atoms with van der Waals surface area (Å²) in [5.74, 6) is 1.10. The number of hydrogen-bond acceptors (Lipinski definition) is 4. The van der Waals surface area contributed by atoms with E-state index in [1.54, 1.807) is 47.7 Å². The first kappa shape index (κ1) is 15.5. The van der Waals surface area contributed by atoms with E-state index in [-0.39, 0.29) is 5.75 Å². The molecule has 2 heterocycles. The molecule has 3 aromatic rings. The lowest BCUT2D eigenvalue weighted by molar-refractivity contribution is 0.475. The highest BCUT2D eigenvalue weighted by Gasteiger charge is 2.08. The van der Waals surface area contributed by atoms with Crippen LogP contribution in [0.1, 0.15) is 5.82 Å². The average molecular weight is 322 g/mol. The molecule has 0 amide bonds. The molecule has 1 aromatic carbocycles. The maximum absolute atomic E-state index is 9.23. The lowest BCUT2D eigenvalue weighted by Crippen LogP contribution is -1.94. The molecule has 0 saturated heterocycles. The number of nitrogens with one attached hydrogen (secondary N) is 1. The summed E-state index contributed by atoms with van der Waals surface area (Å²) in [5, 5.41) is 16.4. The predicted molar refractivity (Wildman–Crippen MR) is 94.7 cm³/mol. The summed E-state index contributed by atoms with van der Waals surface area (Å²) in [6, 6.07) is 6.76. The Labute approximate surface area is 139 Å². The van der Waals surface area contributed by atoms with Crippen LogP contribution in [0.2, 0.25) is 0 Å². The molecule has 0 aliphatic heterocycles. The third-order valence-corrected chi connectivity index (χ3v) is 3.46. The molecule has 0 bridgehead atoms. The molecule has 0 aliphatic carbocycles. The number of aryl methyl sites for hydroxylation is 2. The average Bonchev–Trinajstić information content (AvgIpc) is 3.15. The summed E-state index contributed by atoms with van der Waals surface area (Å²) in [5.41, 5.74) is 2.80. The van der Waals surface area contributed by atoms with Crippen LogP contribution >= 0.6 is 0 Å². The summed E-state index contributed by atoms with van der Waals surface area (Å²) in [7, 11) is 1.88. The van der Waals surface area contributed by atoms with E-state index in [2.05, 4.69) is 20.4 Å². The van der Waals surface area contributed by atoms with Gasteiger partial charge < -0.3 is 15.0 Å². The molecule has 7 nitrogen and oxygen atoms in total. The minimum absolute atomic E-state index is 0.232. The maximum atomic E-state index is 9.23. The Morgan fingerprint density at radius 1 is 1.21 bits per heavy atom. The molecule has 0 atom stereocenters. The molecule has 0 saturated carbocycles. The van der Waals surface area contributed by atoms with Gasteiger partial charge in [-0.15, -0.1) is 0 Å². The van der Waals surface area contributed by atoms with E-state index in [1.165, 1.54) is 0 Å². The maximum Gasteiger partial charge on any atom is 0.115 e. The van der Waals surface area contributed by atoms with Gasteiger partial charge in [0.1, 0.15) is 11.6 Å². The van der Waals surface area contributed by atoms with Crippen molar-refractivity contribution >= 4 is 18.2 Å². The number of nitrogens with zero attached hydrogens (tertiary/aromatic N) is 5. The Kier molecular flexibility index (Phi) is 4.42. The lowest BCUT2D eigenvalue weighted by Gasteiger charge is -2.02. The summed E-state index contributed by atoms with van der Waals surface area (Å²) in [4.78, 5) is 8.54. The van der Waals surface area contributed by atoms with Crippen LogP contribution < -0.4 is 5.32 Å². The zero-order chi connectivity index (χ0) is 16.9. The van der Waals surface area contributed by atoms with Gasteiger partial charge in [0.15, 0.2) is 0 Å². The molecule has 2 N–H and O–H groups in total. The van der Waals surface area contributed by atoms with E-state index in [4.69, 9.17) is 0 Å². The third-order valence-electron chi connectivity index (χ3n) is 3.46. The van der Waals surface area contributed by atoms with E-state index < -0.39 is 0 Å². The summed E-state index contributed by atoms with van der Waals surface area (Å²) < 4.78 is 3.71. The van der Waals surface area contributed by atoms with E-state index >= 15 is 0 Å².